The van der Waals surface area contributed by atoms with Gasteiger partial charge in [0.2, 0.25) is 11.8 Å². The molecule has 2 aliphatic rings. The van der Waals surface area contributed by atoms with Crippen LogP contribution in [0.3, 0.4) is 0 Å². The van der Waals surface area contributed by atoms with E-state index in [1.54, 1.807) is 7.05 Å². The van der Waals surface area contributed by atoms with Crippen LogP contribution >= 0.6 is 0 Å². The molecule has 0 aliphatic carbocycles. The fraction of sp³-hybridized carbons (Fsp3) is 0.857. The van der Waals surface area contributed by atoms with E-state index in [0.717, 1.165) is 32.4 Å². The van der Waals surface area contributed by atoms with Crippen molar-refractivity contribution in [2.45, 2.75) is 39.2 Å². The summed E-state index contributed by atoms with van der Waals surface area (Å²) in [5.41, 5.74) is -0.323. The third kappa shape index (κ3) is 2.36. The lowest BCUT2D eigenvalue weighted by Crippen LogP contribution is -2.53. The van der Waals surface area contributed by atoms with E-state index in [-0.39, 0.29) is 23.3 Å². The molecule has 0 spiro atoms. The van der Waals surface area contributed by atoms with Gasteiger partial charge >= 0.3 is 0 Å². The van der Waals surface area contributed by atoms with Crippen molar-refractivity contribution in [3.8, 4) is 0 Å². The van der Waals surface area contributed by atoms with E-state index in [1.165, 1.54) is 0 Å². The summed E-state index contributed by atoms with van der Waals surface area (Å²) in [7, 11) is 1.64. The van der Waals surface area contributed by atoms with E-state index in [4.69, 9.17) is 0 Å². The molecule has 108 valence electrons. The summed E-state index contributed by atoms with van der Waals surface area (Å²) in [4.78, 5) is 26.7. The predicted octanol–water partition coefficient (Wildman–Crippen LogP) is 0.359. The van der Waals surface area contributed by atoms with Gasteiger partial charge in [-0.05, 0) is 31.7 Å². The first-order valence-electron chi connectivity index (χ1n) is 7.26. The minimum atomic E-state index is -0.323. The minimum Gasteiger partial charge on any atom is -0.357 e. The van der Waals surface area contributed by atoms with Crippen LogP contribution in [-0.2, 0) is 9.59 Å². The highest BCUT2D eigenvalue weighted by atomic mass is 16.2. The van der Waals surface area contributed by atoms with Crippen LogP contribution in [-0.4, -0.2) is 49.4 Å². The molecule has 0 saturated carbocycles. The Morgan fingerprint density at radius 1 is 1.42 bits per heavy atom. The average molecular weight is 267 g/mol. The van der Waals surface area contributed by atoms with Gasteiger partial charge in [-0.2, -0.15) is 0 Å². The molecule has 5 nitrogen and oxygen atoms in total. The van der Waals surface area contributed by atoms with Crippen molar-refractivity contribution in [1.29, 1.82) is 0 Å². The van der Waals surface area contributed by atoms with Crippen molar-refractivity contribution in [2.75, 3.05) is 26.7 Å². The lowest BCUT2D eigenvalue weighted by atomic mass is 9.75. The molecule has 2 N–H and O–H groups in total. The third-order valence-electron chi connectivity index (χ3n) is 4.78. The number of hydrogen-bond donors (Lipinski definition) is 2. The van der Waals surface area contributed by atoms with Crippen molar-refractivity contribution in [1.82, 2.24) is 15.5 Å². The van der Waals surface area contributed by atoms with E-state index >= 15 is 0 Å². The van der Waals surface area contributed by atoms with Gasteiger partial charge in [-0.25, -0.2) is 0 Å². The van der Waals surface area contributed by atoms with Crippen LogP contribution in [0.4, 0.5) is 0 Å². The molecule has 0 aromatic carbocycles. The van der Waals surface area contributed by atoms with Crippen LogP contribution in [0.2, 0.25) is 0 Å². The molecule has 2 aliphatic heterocycles. The molecule has 2 heterocycles. The largest absolute Gasteiger partial charge is 0.357 e. The zero-order chi connectivity index (χ0) is 14.0. The highest BCUT2D eigenvalue weighted by Gasteiger charge is 2.49. The number of likely N-dealkylation sites (tertiary alicyclic amines) is 1. The Kier molecular flexibility index (Phi) is 4.13. The highest BCUT2D eigenvalue weighted by molar-refractivity contribution is 5.91. The number of rotatable bonds is 3. The summed E-state index contributed by atoms with van der Waals surface area (Å²) in [5, 5.41) is 5.98. The predicted molar refractivity (Wildman–Crippen MR) is 73.6 cm³/mol. The Labute approximate surface area is 115 Å². The number of likely N-dealkylation sites (N-methyl/N-ethyl adjacent to an activating group) is 1. The van der Waals surface area contributed by atoms with Crippen molar-refractivity contribution < 1.29 is 9.59 Å². The molecule has 2 saturated heterocycles. The molecular weight excluding hydrogens is 242 g/mol. The van der Waals surface area contributed by atoms with Gasteiger partial charge in [-0.1, -0.05) is 13.8 Å². The number of hydrogen-bond acceptors (Lipinski definition) is 3. The Bertz CT molecular complexity index is 362. The molecule has 5 heteroatoms. The maximum absolute atomic E-state index is 12.9. The molecule has 0 aromatic rings. The topological polar surface area (TPSA) is 61.4 Å². The lowest BCUT2D eigenvalue weighted by molar-refractivity contribution is -0.148. The van der Waals surface area contributed by atoms with Gasteiger partial charge in [-0.3, -0.25) is 9.59 Å². The van der Waals surface area contributed by atoms with Crippen LogP contribution < -0.4 is 10.6 Å². The fourth-order valence-corrected chi connectivity index (χ4v) is 3.37. The molecule has 0 aromatic heterocycles. The molecular formula is C14H25N3O2. The summed E-state index contributed by atoms with van der Waals surface area (Å²) in [6.07, 6.45) is 2.58. The van der Waals surface area contributed by atoms with Gasteiger partial charge < -0.3 is 15.5 Å². The number of nitrogens with one attached hydrogen (secondary N) is 2. The van der Waals surface area contributed by atoms with Crippen LogP contribution in [0.25, 0.3) is 0 Å². The Morgan fingerprint density at radius 3 is 2.68 bits per heavy atom. The second kappa shape index (κ2) is 5.49. The van der Waals surface area contributed by atoms with Gasteiger partial charge in [-0.15, -0.1) is 0 Å². The fourth-order valence-electron chi connectivity index (χ4n) is 3.37. The first-order chi connectivity index (χ1) is 9.03. The summed E-state index contributed by atoms with van der Waals surface area (Å²) in [6.45, 7) is 6.56. The summed E-state index contributed by atoms with van der Waals surface area (Å²) < 4.78 is 0. The molecule has 2 rings (SSSR count). The summed E-state index contributed by atoms with van der Waals surface area (Å²) >= 11 is 0. The highest BCUT2D eigenvalue weighted by Crippen LogP contribution is 2.38. The van der Waals surface area contributed by atoms with E-state index in [0.29, 0.717) is 12.5 Å². The zero-order valence-electron chi connectivity index (χ0n) is 12.2. The SMILES string of the molecule is CNC(=O)C1CCCN1C(=O)C1(C(C)C)CCNC1. The summed E-state index contributed by atoms with van der Waals surface area (Å²) in [5.74, 6) is 0.426. The van der Waals surface area contributed by atoms with Gasteiger partial charge in [0.25, 0.3) is 0 Å². The van der Waals surface area contributed by atoms with E-state index in [1.807, 2.05) is 4.90 Å². The second-order valence-corrected chi connectivity index (χ2v) is 6.01. The van der Waals surface area contributed by atoms with E-state index in [9.17, 15) is 9.59 Å². The summed E-state index contributed by atoms with van der Waals surface area (Å²) in [6, 6.07) is -0.270. The first-order valence-corrected chi connectivity index (χ1v) is 7.26. The van der Waals surface area contributed by atoms with E-state index < -0.39 is 0 Å². The average Bonchev–Trinajstić information content (AvgIpc) is 3.06. The Morgan fingerprint density at radius 2 is 2.16 bits per heavy atom. The normalized spacial score (nSPS) is 30.9. The molecule has 0 radical (unpaired) electrons. The van der Waals surface area contributed by atoms with Crippen LogP contribution in [0.1, 0.15) is 33.1 Å². The van der Waals surface area contributed by atoms with Gasteiger partial charge in [0.15, 0.2) is 0 Å². The monoisotopic (exact) mass is 267 g/mol. The van der Waals surface area contributed by atoms with Crippen molar-refractivity contribution in [3.05, 3.63) is 0 Å². The standard InChI is InChI=1S/C14H25N3O2/c1-10(2)14(6-7-16-9-14)13(19)17-8-4-5-11(17)12(18)15-3/h10-11,16H,4-9H2,1-3H3,(H,15,18). The van der Waals surface area contributed by atoms with Crippen LogP contribution in [0.15, 0.2) is 0 Å². The van der Waals surface area contributed by atoms with Crippen LogP contribution in [0, 0.1) is 11.3 Å². The maximum Gasteiger partial charge on any atom is 0.242 e. The van der Waals surface area contributed by atoms with E-state index in [2.05, 4.69) is 24.5 Å². The van der Waals surface area contributed by atoms with Gasteiger partial charge in [0.05, 0.1) is 5.41 Å². The Balaban J connectivity index is 2.20. The third-order valence-corrected chi connectivity index (χ3v) is 4.78. The quantitative estimate of drug-likeness (QED) is 0.776. The minimum absolute atomic E-state index is 0.0317. The molecule has 0 bridgehead atoms. The second-order valence-electron chi connectivity index (χ2n) is 6.01. The molecule has 2 atom stereocenters. The number of carbonyl (C=O) groups excluding carboxylic acids is 2. The maximum atomic E-state index is 12.9. The smallest absolute Gasteiger partial charge is 0.242 e. The zero-order valence-corrected chi connectivity index (χ0v) is 12.2. The van der Waals surface area contributed by atoms with Crippen molar-refractivity contribution >= 4 is 11.8 Å². The van der Waals surface area contributed by atoms with Crippen molar-refractivity contribution in [3.63, 3.8) is 0 Å². The molecule has 2 amide bonds. The molecule has 2 unspecified atom stereocenters. The van der Waals surface area contributed by atoms with Gasteiger partial charge in [0, 0.05) is 20.1 Å². The van der Waals surface area contributed by atoms with Crippen molar-refractivity contribution in [2.24, 2.45) is 11.3 Å². The number of carbonyl (C=O) groups is 2. The number of amides is 2. The van der Waals surface area contributed by atoms with Crippen LogP contribution in [0.5, 0.6) is 0 Å². The molecule has 19 heavy (non-hydrogen) atoms. The molecule has 2 fully saturated rings. The number of nitrogens with zero attached hydrogens (tertiary/aromatic N) is 1. The van der Waals surface area contributed by atoms with Gasteiger partial charge in [0.1, 0.15) is 6.04 Å². The lowest BCUT2D eigenvalue weighted by Gasteiger charge is -2.37. The first kappa shape index (κ1) is 14.3. The Hall–Kier alpha value is -1.10.